The van der Waals surface area contributed by atoms with Crippen molar-refractivity contribution in [1.82, 2.24) is 5.32 Å². The Balaban J connectivity index is 2.49. The molecule has 1 aromatic carbocycles. The minimum absolute atomic E-state index is 0.167. The highest BCUT2D eigenvalue weighted by atomic mass is 19.3. The van der Waals surface area contributed by atoms with Crippen LogP contribution in [0.25, 0.3) is 0 Å². The van der Waals surface area contributed by atoms with Crippen LogP contribution in [0.3, 0.4) is 0 Å². The van der Waals surface area contributed by atoms with E-state index in [-0.39, 0.29) is 19.8 Å². The van der Waals surface area contributed by atoms with E-state index < -0.39 is 29.2 Å². The first-order chi connectivity index (χ1) is 8.08. The molecule has 1 atom stereocenters. The van der Waals surface area contributed by atoms with Gasteiger partial charge >= 0.3 is 0 Å². The maximum Gasteiger partial charge on any atom is 0.263 e. The van der Waals surface area contributed by atoms with Gasteiger partial charge in [-0.15, -0.1) is 0 Å². The Kier molecular flexibility index (Phi) is 3.35. The van der Waals surface area contributed by atoms with Gasteiger partial charge in [0.1, 0.15) is 5.54 Å². The van der Waals surface area contributed by atoms with Gasteiger partial charge in [0.05, 0.1) is 13.2 Å². The molecule has 0 bridgehead atoms. The third-order valence-electron chi connectivity index (χ3n) is 2.82. The van der Waals surface area contributed by atoms with E-state index in [1.807, 2.05) is 0 Å². The molecule has 1 aliphatic heterocycles. The summed E-state index contributed by atoms with van der Waals surface area (Å²) in [6, 6.07) is 3.24. The molecule has 1 N–H and O–H groups in total. The van der Waals surface area contributed by atoms with E-state index in [1.54, 1.807) is 0 Å². The average Bonchev–Trinajstić information content (AvgIpc) is 2.33. The zero-order valence-corrected chi connectivity index (χ0v) is 8.85. The fourth-order valence-corrected chi connectivity index (χ4v) is 1.91. The van der Waals surface area contributed by atoms with Crippen molar-refractivity contribution >= 4 is 0 Å². The van der Waals surface area contributed by atoms with Crippen LogP contribution in [0.15, 0.2) is 18.2 Å². The first-order valence-corrected chi connectivity index (χ1v) is 5.13. The van der Waals surface area contributed by atoms with Crippen molar-refractivity contribution in [2.24, 2.45) is 0 Å². The number of hydrogen-bond donors (Lipinski definition) is 1. The van der Waals surface area contributed by atoms with Crippen LogP contribution >= 0.6 is 0 Å². The van der Waals surface area contributed by atoms with E-state index in [4.69, 9.17) is 4.74 Å². The predicted molar refractivity (Wildman–Crippen MR) is 52.9 cm³/mol. The lowest BCUT2D eigenvalue weighted by atomic mass is 9.89. The minimum atomic E-state index is -2.89. The van der Waals surface area contributed by atoms with Crippen LogP contribution in [0.5, 0.6) is 0 Å². The summed E-state index contributed by atoms with van der Waals surface area (Å²) in [6.07, 6.45) is -2.89. The second-order valence-electron chi connectivity index (χ2n) is 3.85. The maximum atomic E-state index is 13.6. The topological polar surface area (TPSA) is 21.3 Å². The molecule has 1 aliphatic rings. The first-order valence-electron chi connectivity index (χ1n) is 5.13. The molecule has 6 heteroatoms. The van der Waals surface area contributed by atoms with E-state index in [0.29, 0.717) is 0 Å². The van der Waals surface area contributed by atoms with Gasteiger partial charge in [0.2, 0.25) is 0 Å². The first kappa shape index (κ1) is 12.3. The van der Waals surface area contributed by atoms with Crippen LogP contribution < -0.4 is 5.32 Å². The quantitative estimate of drug-likeness (QED) is 0.810. The molecule has 1 aromatic rings. The minimum Gasteiger partial charge on any atom is -0.378 e. The van der Waals surface area contributed by atoms with Crippen LogP contribution in [-0.4, -0.2) is 26.2 Å². The summed E-state index contributed by atoms with van der Waals surface area (Å²) in [5, 5.41) is 2.53. The molecule has 0 amide bonds. The highest BCUT2D eigenvalue weighted by Gasteiger charge is 2.45. The molecule has 0 spiro atoms. The van der Waals surface area contributed by atoms with Gasteiger partial charge < -0.3 is 4.74 Å². The molecule has 0 unspecified atom stereocenters. The number of rotatable bonds is 2. The van der Waals surface area contributed by atoms with Crippen LogP contribution in [0.1, 0.15) is 5.56 Å². The van der Waals surface area contributed by atoms with Gasteiger partial charge in [-0.25, -0.2) is 17.6 Å². The van der Waals surface area contributed by atoms with E-state index >= 15 is 0 Å². The number of halogens is 4. The molecule has 0 radical (unpaired) electrons. The Morgan fingerprint density at radius 2 is 2.06 bits per heavy atom. The molecule has 1 saturated heterocycles. The molecule has 0 saturated carbocycles. The summed E-state index contributed by atoms with van der Waals surface area (Å²) in [6.45, 7) is 0.0523. The van der Waals surface area contributed by atoms with Crippen molar-refractivity contribution in [3.05, 3.63) is 35.4 Å². The molecular weight excluding hydrogens is 238 g/mol. The van der Waals surface area contributed by atoms with Gasteiger partial charge in [0.15, 0.2) is 11.6 Å². The largest absolute Gasteiger partial charge is 0.378 e. The van der Waals surface area contributed by atoms with Crippen molar-refractivity contribution in [2.45, 2.75) is 12.0 Å². The van der Waals surface area contributed by atoms with Gasteiger partial charge in [-0.1, -0.05) is 12.1 Å². The molecule has 2 nitrogen and oxygen atoms in total. The fourth-order valence-electron chi connectivity index (χ4n) is 1.91. The normalized spacial score (nSPS) is 25.2. The zero-order valence-electron chi connectivity index (χ0n) is 8.85. The van der Waals surface area contributed by atoms with Crippen molar-refractivity contribution in [3.8, 4) is 0 Å². The Morgan fingerprint density at radius 3 is 2.65 bits per heavy atom. The molecule has 17 heavy (non-hydrogen) atoms. The number of hydrogen-bond acceptors (Lipinski definition) is 2. The van der Waals surface area contributed by atoms with Gasteiger partial charge in [-0.3, -0.25) is 5.32 Å². The number of morpholine rings is 1. The van der Waals surface area contributed by atoms with Gasteiger partial charge in [0, 0.05) is 12.1 Å². The smallest absolute Gasteiger partial charge is 0.263 e. The van der Waals surface area contributed by atoms with Crippen molar-refractivity contribution in [1.29, 1.82) is 0 Å². The molecule has 1 fully saturated rings. The van der Waals surface area contributed by atoms with E-state index in [0.717, 1.165) is 12.1 Å². The Bertz CT molecular complexity index is 404. The Hall–Kier alpha value is -1.14. The van der Waals surface area contributed by atoms with Crippen LogP contribution in [0.2, 0.25) is 0 Å². The molecule has 1 heterocycles. The second kappa shape index (κ2) is 4.62. The summed E-state index contributed by atoms with van der Waals surface area (Å²) >= 11 is 0. The van der Waals surface area contributed by atoms with E-state index in [2.05, 4.69) is 5.32 Å². The van der Waals surface area contributed by atoms with Gasteiger partial charge in [0.25, 0.3) is 6.43 Å². The van der Waals surface area contributed by atoms with Crippen molar-refractivity contribution < 1.29 is 22.3 Å². The summed E-state index contributed by atoms with van der Waals surface area (Å²) in [5.41, 5.74) is -2.36. The zero-order chi connectivity index (χ0) is 12.5. The summed E-state index contributed by atoms with van der Waals surface area (Å²) in [5.74, 6) is -2.40. The lowest BCUT2D eigenvalue weighted by Crippen LogP contribution is -2.56. The number of ether oxygens (including phenoxy) is 1. The number of alkyl halides is 2. The summed E-state index contributed by atoms with van der Waals surface area (Å²) < 4.78 is 57.9. The molecule has 0 aliphatic carbocycles. The second-order valence-corrected chi connectivity index (χ2v) is 3.85. The summed E-state index contributed by atoms with van der Waals surface area (Å²) in [4.78, 5) is 0. The number of benzene rings is 1. The van der Waals surface area contributed by atoms with Crippen molar-refractivity contribution in [2.75, 3.05) is 19.8 Å². The SMILES string of the molecule is Fc1cccc([C@]2(C(F)F)COCCN2)c1F. The third-order valence-corrected chi connectivity index (χ3v) is 2.82. The lowest BCUT2D eigenvalue weighted by Gasteiger charge is -2.37. The van der Waals surface area contributed by atoms with Crippen molar-refractivity contribution in [3.63, 3.8) is 0 Å². The molecule has 0 aromatic heterocycles. The lowest BCUT2D eigenvalue weighted by molar-refractivity contribution is -0.0639. The highest BCUT2D eigenvalue weighted by Crippen LogP contribution is 2.33. The summed E-state index contributed by atoms with van der Waals surface area (Å²) in [7, 11) is 0. The average molecular weight is 249 g/mol. The van der Waals surface area contributed by atoms with E-state index in [1.165, 1.54) is 6.07 Å². The molecular formula is C11H11F4NO. The van der Waals surface area contributed by atoms with Crippen LogP contribution in [-0.2, 0) is 10.3 Å². The molecule has 94 valence electrons. The standard InChI is InChI=1S/C11H11F4NO/c12-8-3-1-2-7(9(8)13)11(10(14)15)6-17-5-4-16-11/h1-3,10,16H,4-6H2/t11-/m0/s1. The van der Waals surface area contributed by atoms with Gasteiger partial charge in [-0.2, -0.15) is 0 Å². The predicted octanol–water partition coefficient (Wildman–Crippen LogP) is 2.04. The van der Waals surface area contributed by atoms with Crippen LogP contribution in [0.4, 0.5) is 17.6 Å². The Morgan fingerprint density at radius 1 is 1.29 bits per heavy atom. The monoisotopic (exact) mass is 249 g/mol. The van der Waals surface area contributed by atoms with Gasteiger partial charge in [-0.05, 0) is 6.07 Å². The highest BCUT2D eigenvalue weighted by molar-refractivity contribution is 5.29. The maximum absolute atomic E-state index is 13.6. The Labute approximate surface area is 95.6 Å². The third kappa shape index (κ3) is 2.02. The molecule has 2 rings (SSSR count). The van der Waals surface area contributed by atoms with Crippen LogP contribution in [0, 0.1) is 11.6 Å². The number of nitrogens with one attached hydrogen (secondary N) is 1. The van der Waals surface area contributed by atoms with E-state index in [9.17, 15) is 17.6 Å². The fraction of sp³-hybridized carbons (Fsp3) is 0.455.